The van der Waals surface area contributed by atoms with Gasteiger partial charge in [-0.15, -0.1) is 11.3 Å². The Morgan fingerprint density at radius 1 is 1.16 bits per heavy atom. The lowest BCUT2D eigenvalue weighted by atomic mass is 10.2. The standard InChI is InChI=1S/C14H9F2NOS/c15-11-3-1-2-9(13(11)16)8-17-6-4-12-10(14(17)18)5-7-19-12/h1-7H,8H2. The van der Waals surface area contributed by atoms with E-state index in [1.54, 1.807) is 18.3 Å². The van der Waals surface area contributed by atoms with Gasteiger partial charge in [-0.3, -0.25) is 4.79 Å². The molecule has 0 saturated heterocycles. The van der Waals surface area contributed by atoms with Crippen LogP contribution < -0.4 is 5.56 Å². The molecule has 0 atom stereocenters. The summed E-state index contributed by atoms with van der Waals surface area (Å²) in [4.78, 5) is 12.1. The van der Waals surface area contributed by atoms with Crippen molar-refractivity contribution in [2.75, 3.05) is 0 Å². The Hall–Kier alpha value is -2.01. The Morgan fingerprint density at radius 2 is 2.00 bits per heavy atom. The van der Waals surface area contributed by atoms with Crippen molar-refractivity contribution in [1.29, 1.82) is 0 Å². The van der Waals surface area contributed by atoms with Crippen molar-refractivity contribution in [1.82, 2.24) is 4.57 Å². The van der Waals surface area contributed by atoms with Crippen molar-refractivity contribution < 1.29 is 8.78 Å². The molecule has 3 rings (SSSR count). The van der Waals surface area contributed by atoms with E-state index in [1.807, 2.05) is 5.38 Å². The lowest BCUT2D eigenvalue weighted by Gasteiger charge is -2.07. The molecule has 0 unspecified atom stereocenters. The van der Waals surface area contributed by atoms with Gasteiger partial charge >= 0.3 is 0 Å². The quantitative estimate of drug-likeness (QED) is 0.703. The van der Waals surface area contributed by atoms with Gasteiger partial charge in [0.25, 0.3) is 5.56 Å². The Bertz CT molecular complexity index is 807. The van der Waals surface area contributed by atoms with Gasteiger partial charge in [-0.05, 0) is 23.6 Å². The van der Waals surface area contributed by atoms with Crippen molar-refractivity contribution >= 4 is 21.4 Å². The lowest BCUT2D eigenvalue weighted by Crippen LogP contribution is -2.20. The third-order valence-electron chi connectivity index (χ3n) is 2.96. The van der Waals surface area contributed by atoms with Gasteiger partial charge in [-0.1, -0.05) is 12.1 Å². The fraction of sp³-hybridized carbons (Fsp3) is 0.0714. The number of halogens is 2. The first kappa shape index (κ1) is 12.0. The molecule has 0 radical (unpaired) electrons. The first-order valence-electron chi connectivity index (χ1n) is 5.66. The number of aromatic nitrogens is 1. The van der Waals surface area contributed by atoms with Crippen molar-refractivity contribution in [2.45, 2.75) is 6.54 Å². The maximum atomic E-state index is 13.6. The van der Waals surface area contributed by atoms with E-state index in [1.165, 1.54) is 28.0 Å². The maximum Gasteiger partial charge on any atom is 0.259 e. The van der Waals surface area contributed by atoms with Gasteiger partial charge in [-0.25, -0.2) is 8.78 Å². The minimum Gasteiger partial charge on any atom is -0.310 e. The van der Waals surface area contributed by atoms with Crippen molar-refractivity contribution in [3.05, 3.63) is 69.5 Å². The third kappa shape index (κ3) is 2.06. The molecule has 0 bridgehead atoms. The molecule has 0 amide bonds. The molecule has 2 aromatic heterocycles. The summed E-state index contributed by atoms with van der Waals surface area (Å²) in [5.74, 6) is -1.80. The van der Waals surface area contributed by atoms with Crippen LogP contribution in [-0.4, -0.2) is 4.57 Å². The third-order valence-corrected chi connectivity index (χ3v) is 3.85. The molecule has 2 nitrogen and oxygen atoms in total. The molecule has 2 heterocycles. The zero-order valence-corrected chi connectivity index (χ0v) is 10.6. The van der Waals surface area contributed by atoms with Gasteiger partial charge in [0.2, 0.25) is 0 Å². The Kier molecular flexibility index (Phi) is 2.91. The first-order chi connectivity index (χ1) is 9.16. The number of benzene rings is 1. The molecular formula is C14H9F2NOS. The SMILES string of the molecule is O=c1c2ccsc2ccn1Cc1cccc(F)c1F. The normalized spacial score (nSPS) is 11.1. The van der Waals surface area contributed by atoms with Crippen molar-refractivity contribution in [3.63, 3.8) is 0 Å². The second-order valence-corrected chi connectivity index (χ2v) is 5.11. The molecule has 0 aliphatic rings. The average Bonchev–Trinajstić information content (AvgIpc) is 2.87. The molecule has 0 aliphatic carbocycles. The first-order valence-corrected chi connectivity index (χ1v) is 6.54. The number of hydrogen-bond acceptors (Lipinski definition) is 2. The fourth-order valence-electron chi connectivity index (χ4n) is 1.99. The van der Waals surface area contributed by atoms with Gasteiger partial charge in [0.1, 0.15) is 0 Å². The molecule has 5 heteroatoms. The van der Waals surface area contributed by atoms with Crippen LogP contribution in [0.2, 0.25) is 0 Å². The molecule has 0 saturated carbocycles. The number of hydrogen-bond donors (Lipinski definition) is 0. The molecule has 0 spiro atoms. The largest absolute Gasteiger partial charge is 0.310 e. The predicted octanol–water partition coefficient (Wildman–Crippen LogP) is 3.39. The number of rotatable bonds is 2. The second kappa shape index (κ2) is 4.59. The zero-order chi connectivity index (χ0) is 13.4. The molecule has 0 N–H and O–H groups in total. The number of pyridine rings is 1. The highest BCUT2D eigenvalue weighted by molar-refractivity contribution is 7.17. The molecule has 0 fully saturated rings. The predicted molar refractivity (Wildman–Crippen MR) is 71.5 cm³/mol. The molecule has 96 valence electrons. The summed E-state index contributed by atoms with van der Waals surface area (Å²) in [7, 11) is 0. The highest BCUT2D eigenvalue weighted by atomic mass is 32.1. The van der Waals surface area contributed by atoms with Gasteiger partial charge in [0.15, 0.2) is 11.6 Å². The van der Waals surface area contributed by atoms with Gasteiger partial charge < -0.3 is 4.57 Å². The van der Waals surface area contributed by atoms with Crippen LogP contribution >= 0.6 is 11.3 Å². The average molecular weight is 277 g/mol. The maximum absolute atomic E-state index is 13.6. The Morgan fingerprint density at radius 3 is 2.84 bits per heavy atom. The Balaban J connectivity index is 2.08. The molecule has 19 heavy (non-hydrogen) atoms. The fourth-order valence-corrected chi connectivity index (χ4v) is 2.76. The van der Waals surface area contributed by atoms with E-state index in [0.29, 0.717) is 5.39 Å². The Labute approximate surface area is 111 Å². The summed E-state index contributed by atoms with van der Waals surface area (Å²) < 4.78 is 29.0. The van der Waals surface area contributed by atoms with Crippen LogP contribution in [0.1, 0.15) is 5.56 Å². The number of thiophene rings is 1. The number of nitrogens with zero attached hydrogens (tertiary/aromatic N) is 1. The van der Waals surface area contributed by atoms with Crippen LogP contribution in [-0.2, 0) is 6.54 Å². The molecule has 0 aliphatic heterocycles. The summed E-state index contributed by atoms with van der Waals surface area (Å²) in [6.45, 7) is 0.0220. The van der Waals surface area contributed by atoms with E-state index >= 15 is 0 Å². The van der Waals surface area contributed by atoms with Gasteiger partial charge in [-0.2, -0.15) is 0 Å². The molecule has 3 aromatic rings. The van der Waals surface area contributed by atoms with E-state index < -0.39 is 11.6 Å². The summed E-state index contributed by atoms with van der Waals surface area (Å²) in [6, 6.07) is 7.51. The van der Waals surface area contributed by atoms with E-state index in [9.17, 15) is 13.6 Å². The van der Waals surface area contributed by atoms with Crippen LogP contribution in [0.25, 0.3) is 10.1 Å². The zero-order valence-electron chi connectivity index (χ0n) is 9.77. The smallest absolute Gasteiger partial charge is 0.259 e. The van der Waals surface area contributed by atoms with Crippen LogP contribution in [0.15, 0.2) is 46.7 Å². The number of fused-ring (bicyclic) bond motifs is 1. The van der Waals surface area contributed by atoms with Crippen LogP contribution in [0.5, 0.6) is 0 Å². The van der Waals surface area contributed by atoms with Crippen LogP contribution in [0.3, 0.4) is 0 Å². The van der Waals surface area contributed by atoms with Gasteiger partial charge in [0, 0.05) is 16.5 Å². The lowest BCUT2D eigenvalue weighted by molar-refractivity contribution is 0.494. The summed E-state index contributed by atoms with van der Waals surface area (Å²) in [6.07, 6.45) is 1.60. The van der Waals surface area contributed by atoms with E-state index in [4.69, 9.17) is 0 Å². The van der Waals surface area contributed by atoms with E-state index in [2.05, 4.69) is 0 Å². The minimum absolute atomic E-state index is 0.0220. The second-order valence-electron chi connectivity index (χ2n) is 4.16. The van der Waals surface area contributed by atoms with E-state index in [-0.39, 0.29) is 17.7 Å². The highest BCUT2D eigenvalue weighted by Crippen LogP contribution is 2.17. The van der Waals surface area contributed by atoms with E-state index in [0.717, 1.165) is 10.8 Å². The van der Waals surface area contributed by atoms with Crippen LogP contribution in [0, 0.1) is 11.6 Å². The highest BCUT2D eigenvalue weighted by Gasteiger charge is 2.10. The molecular weight excluding hydrogens is 268 g/mol. The summed E-state index contributed by atoms with van der Waals surface area (Å²) in [5.41, 5.74) is -0.0286. The van der Waals surface area contributed by atoms with Crippen molar-refractivity contribution in [3.8, 4) is 0 Å². The monoisotopic (exact) mass is 277 g/mol. The van der Waals surface area contributed by atoms with Crippen LogP contribution in [0.4, 0.5) is 8.78 Å². The molecule has 1 aromatic carbocycles. The van der Waals surface area contributed by atoms with Gasteiger partial charge in [0.05, 0.1) is 11.9 Å². The van der Waals surface area contributed by atoms with Crippen molar-refractivity contribution in [2.24, 2.45) is 0 Å². The minimum atomic E-state index is -0.903. The summed E-state index contributed by atoms with van der Waals surface area (Å²) in [5, 5.41) is 2.43. The topological polar surface area (TPSA) is 22.0 Å². The summed E-state index contributed by atoms with van der Waals surface area (Å²) >= 11 is 1.47.